The molecule has 5 nitrogen and oxygen atoms in total. The first-order valence-corrected chi connectivity index (χ1v) is 7.34. The maximum absolute atomic E-state index is 5.19. The van der Waals surface area contributed by atoms with Crippen molar-refractivity contribution < 1.29 is 9.47 Å². The number of rotatable bonds is 5. The van der Waals surface area contributed by atoms with Crippen LogP contribution in [0.3, 0.4) is 0 Å². The van der Waals surface area contributed by atoms with E-state index in [1.165, 1.54) is 5.56 Å². The number of hydrazine groups is 1. The molecule has 0 aromatic heterocycles. The van der Waals surface area contributed by atoms with Crippen molar-refractivity contribution in [2.24, 2.45) is 0 Å². The Morgan fingerprint density at radius 2 is 1.45 bits per heavy atom. The second kappa shape index (κ2) is 6.68. The van der Waals surface area contributed by atoms with Crippen molar-refractivity contribution in [3.8, 4) is 11.5 Å². The molecular weight excluding hydrogens is 278 g/mol. The van der Waals surface area contributed by atoms with Crippen LogP contribution in [0, 0.1) is 0 Å². The van der Waals surface area contributed by atoms with Gasteiger partial charge in [-0.15, -0.1) is 0 Å². The lowest BCUT2D eigenvalue weighted by molar-refractivity contribution is 0.414. The summed E-state index contributed by atoms with van der Waals surface area (Å²) in [6, 6.07) is 16.4. The van der Waals surface area contributed by atoms with E-state index in [4.69, 9.17) is 9.47 Å². The van der Waals surface area contributed by atoms with Gasteiger partial charge in [-0.1, -0.05) is 12.1 Å². The van der Waals surface area contributed by atoms with Gasteiger partial charge in [0.2, 0.25) is 0 Å². The monoisotopic (exact) mass is 299 g/mol. The Bertz CT molecular complexity index is 598. The van der Waals surface area contributed by atoms with Gasteiger partial charge in [-0.05, 0) is 42.0 Å². The van der Waals surface area contributed by atoms with Gasteiger partial charge < -0.3 is 14.8 Å². The molecule has 2 atom stereocenters. The van der Waals surface area contributed by atoms with E-state index < -0.39 is 0 Å². The zero-order valence-corrected chi connectivity index (χ0v) is 12.8. The number of nitrogens with one attached hydrogen (secondary N) is 3. The summed E-state index contributed by atoms with van der Waals surface area (Å²) in [5, 5.41) is 3.46. The van der Waals surface area contributed by atoms with Gasteiger partial charge >= 0.3 is 0 Å². The molecule has 2 aromatic rings. The molecule has 0 radical (unpaired) electrons. The second-order valence-electron chi connectivity index (χ2n) is 5.28. The van der Waals surface area contributed by atoms with Gasteiger partial charge in [-0.25, -0.2) is 10.9 Å². The van der Waals surface area contributed by atoms with Crippen LogP contribution in [0.15, 0.2) is 48.5 Å². The third-order valence-electron chi connectivity index (χ3n) is 3.85. The van der Waals surface area contributed by atoms with Gasteiger partial charge in [0.25, 0.3) is 0 Å². The SMILES string of the molecule is COc1ccc(NC2CC(c3ccc(OC)cc3)NN2)cc1. The van der Waals surface area contributed by atoms with Crippen molar-refractivity contribution in [1.82, 2.24) is 10.9 Å². The van der Waals surface area contributed by atoms with Gasteiger partial charge in [0.05, 0.1) is 20.4 Å². The van der Waals surface area contributed by atoms with E-state index in [9.17, 15) is 0 Å². The summed E-state index contributed by atoms with van der Waals surface area (Å²) >= 11 is 0. The molecule has 2 aromatic carbocycles. The van der Waals surface area contributed by atoms with E-state index in [0.29, 0.717) is 0 Å². The zero-order valence-electron chi connectivity index (χ0n) is 12.8. The fraction of sp³-hybridized carbons (Fsp3) is 0.294. The van der Waals surface area contributed by atoms with E-state index in [-0.39, 0.29) is 12.2 Å². The summed E-state index contributed by atoms with van der Waals surface area (Å²) in [4.78, 5) is 0. The molecule has 5 heteroatoms. The number of ether oxygens (including phenoxy) is 2. The van der Waals surface area contributed by atoms with E-state index in [2.05, 4.69) is 28.3 Å². The van der Waals surface area contributed by atoms with Gasteiger partial charge in [0.1, 0.15) is 11.5 Å². The van der Waals surface area contributed by atoms with Crippen LogP contribution in [0.5, 0.6) is 11.5 Å². The fourth-order valence-corrected chi connectivity index (χ4v) is 2.59. The molecule has 1 fully saturated rings. The molecule has 22 heavy (non-hydrogen) atoms. The van der Waals surface area contributed by atoms with E-state index >= 15 is 0 Å². The Labute approximate surface area is 130 Å². The van der Waals surface area contributed by atoms with Crippen LogP contribution in [-0.4, -0.2) is 20.4 Å². The summed E-state index contributed by atoms with van der Waals surface area (Å²) in [6.45, 7) is 0. The number of benzene rings is 2. The van der Waals surface area contributed by atoms with Crippen LogP contribution < -0.4 is 25.6 Å². The van der Waals surface area contributed by atoms with Crippen molar-refractivity contribution in [3.05, 3.63) is 54.1 Å². The van der Waals surface area contributed by atoms with E-state index in [1.807, 2.05) is 36.4 Å². The average molecular weight is 299 g/mol. The lowest BCUT2D eigenvalue weighted by Gasteiger charge is -2.14. The van der Waals surface area contributed by atoms with Crippen molar-refractivity contribution >= 4 is 5.69 Å². The molecule has 0 spiro atoms. The normalized spacial score (nSPS) is 20.6. The highest BCUT2D eigenvalue weighted by Crippen LogP contribution is 2.25. The first-order valence-electron chi connectivity index (χ1n) is 7.34. The van der Waals surface area contributed by atoms with E-state index in [1.54, 1.807) is 14.2 Å². The first-order chi connectivity index (χ1) is 10.8. The Balaban J connectivity index is 1.59. The van der Waals surface area contributed by atoms with Crippen molar-refractivity contribution in [2.45, 2.75) is 18.6 Å². The molecule has 1 saturated heterocycles. The van der Waals surface area contributed by atoms with Gasteiger partial charge in [-0.2, -0.15) is 0 Å². The maximum Gasteiger partial charge on any atom is 0.119 e. The van der Waals surface area contributed by atoms with Crippen LogP contribution in [-0.2, 0) is 0 Å². The minimum atomic E-state index is 0.181. The van der Waals surface area contributed by atoms with Crippen molar-refractivity contribution in [1.29, 1.82) is 0 Å². The summed E-state index contributed by atoms with van der Waals surface area (Å²) in [5.41, 5.74) is 8.92. The number of hydrogen-bond acceptors (Lipinski definition) is 5. The summed E-state index contributed by atoms with van der Waals surface area (Å²) in [7, 11) is 3.35. The molecule has 0 bridgehead atoms. The van der Waals surface area contributed by atoms with Gasteiger partial charge in [0.15, 0.2) is 0 Å². The fourth-order valence-electron chi connectivity index (χ4n) is 2.59. The quantitative estimate of drug-likeness (QED) is 0.792. The van der Waals surface area contributed by atoms with Crippen LogP contribution in [0.4, 0.5) is 5.69 Å². The van der Waals surface area contributed by atoms with Crippen LogP contribution in [0.1, 0.15) is 18.0 Å². The molecule has 1 aliphatic rings. The molecule has 1 heterocycles. The lowest BCUT2D eigenvalue weighted by Crippen LogP contribution is -2.35. The third-order valence-corrected chi connectivity index (χ3v) is 3.85. The van der Waals surface area contributed by atoms with Gasteiger partial charge in [-0.3, -0.25) is 0 Å². The molecule has 3 N–H and O–H groups in total. The topological polar surface area (TPSA) is 54.5 Å². The smallest absolute Gasteiger partial charge is 0.119 e. The highest BCUT2D eigenvalue weighted by Gasteiger charge is 2.24. The van der Waals surface area contributed by atoms with Crippen molar-refractivity contribution in [3.63, 3.8) is 0 Å². The number of methoxy groups -OCH3 is 2. The molecular formula is C17H21N3O2. The number of anilines is 1. The first kappa shape index (κ1) is 14.7. The minimum absolute atomic E-state index is 0.181. The number of hydrogen-bond donors (Lipinski definition) is 3. The van der Waals surface area contributed by atoms with Crippen LogP contribution in [0.25, 0.3) is 0 Å². The predicted molar refractivity (Wildman–Crippen MR) is 87.0 cm³/mol. The highest BCUT2D eigenvalue weighted by molar-refractivity contribution is 5.47. The maximum atomic E-state index is 5.19. The Hall–Kier alpha value is -2.24. The second-order valence-corrected chi connectivity index (χ2v) is 5.28. The molecule has 2 unspecified atom stereocenters. The van der Waals surface area contributed by atoms with Crippen LogP contribution in [0.2, 0.25) is 0 Å². The summed E-state index contributed by atoms with van der Waals surface area (Å²) < 4.78 is 10.4. The molecule has 116 valence electrons. The third kappa shape index (κ3) is 3.32. The molecule has 3 rings (SSSR count). The summed E-state index contributed by atoms with van der Waals surface area (Å²) in [6.07, 6.45) is 1.14. The Morgan fingerprint density at radius 3 is 2.05 bits per heavy atom. The molecule has 0 aliphatic carbocycles. The molecule has 1 aliphatic heterocycles. The Morgan fingerprint density at radius 1 is 0.864 bits per heavy atom. The lowest BCUT2D eigenvalue weighted by atomic mass is 10.0. The molecule has 0 saturated carbocycles. The standard InChI is InChI=1S/C17H21N3O2/c1-21-14-7-3-12(4-8-14)16-11-17(20-19-16)18-13-5-9-15(22-2)10-6-13/h3-10,16-20H,11H2,1-2H3. The minimum Gasteiger partial charge on any atom is -0.497 e. The average Bonchev–Trinajstić information content (AvgIpc) is 3.04. The van der Waals surface area contributed by atoms with E-state index in [0.717, 1.165) is 23.6 Å². The summed E-state index contributed by atoms with van der Waals surface area (Å²) in [5.74, 6) is 1.74. The highest BCUT2D eigenvalue weighted by atomic mass is 16.5. The van der Waals surface area contributed by atoms with Crippen LogP contribution >= 0.6 is 0 Å². The van der Waals surface area contributed by atoms with Gasteiger partial charge in [0, 0.05) is 18.2 Å². The Kier molecular flexibility index (Phi) is 4.46. The zero-order chi connectivity index (χ0) is 15.4. The largest absolute Gasteiger partial charge is 0.497 e. The van der Waals surface area contributed by atoms with Crippen molar-refractivity contribution in [2.75, 3.05) is 19.5 Å². The molecule has 0 amide bonds. The predicted octanol–water partition coefficient (Wildman–Crippen LogP) is 2.68.